The van der Waals surface area contributed by atoms with Crippen molar-refractivity contribution in [1.82, 2.24) is 21.3 Å². The van der Waals surface area contributed by atoms with Gasteiger partial charge >= 0.3 is 0 Å². The average Bonchev–Trinajstić information content (AvgIpc) is 3.21. The molecule has 0 unspecified atom stereocenters. The number of nitrogens with one attached hydrogen (secondary N) is 4. The molecule has 0 spiro atoms. The van der Waals surface area contributed by atoms with Gasteiger partial charge in [0, 0.05) is 52.4 Å². The van der Waals surface area contributed by atoms with Gasteiger partial charge in [-0.05, 0) is 12.8 Å². The van der Waals surface area contributed by atoms with Gasteiger partial charge in [0.15, 0.2) is 0 Å². The molecule has 0 saturated heterocycles. The highest BCUT2D eigenvalue weighted by Gasteiger charge is 1.98. The van der Waals surface area contributed by atoms with Gasteiger partial charge in [-0.25, -0.2) is 0 Å². The fourth-order valence-corrected chi connectivity index (χ4v) is 2.52. The maximum Gasteiger partial charge on any atom is 0.0171 e. The Balaban J connectivity index is 1.26. The van der Waals surface area contributed by atoms with Crippen molar-refractivity contribution in [3.05, 3.63) is 47.6 Å². The Morgan fingerprint density at radius 2 is 1.00 bits per heavy atom. The molecular weight excluding hydrogens is 272 g/mol. The van der Waals surface area contributed by atoms with E-state index in [1.54, 1.807) is 0 Å². The number of hydrogen-bond acceptors (Lipinski definition) is 4. The zero-order chi connectivity index (χ0) is 15.3. The Morgan fingerprint density at radius 1 is 0.591 bits per heavy atom. The van der Waals surface area contributed by atoms with Crippen molar-refractivity contribution >= 4 is 0 Å². The van der Waals surface area contributed by atoms with Crippen molar-refractivity contribution in [3.8, 4) is 0 Å². The molecule has 2 aliphatic rings. The molecule has 22 heavy (non-hydrogen) atoms. The third-order valence-corrected chi connectivity index (χ3v) is 3.84. The largest absolute Gasteiger partial charge is 0.314 e. The van der Waals surface area contributed by atoms with Crippen molar-refractivity contribution < 1.29 is 0 Å². The Kier molecular flexibility index (Phi) is 8.87. The summed E-state index contributed by atoms with van der Waals surface area (Å²) in [4.78, 5) is 0. The molecule has 0 fully saturated rings. The second kappa shape index (κ2) is 11.4. The van der Waals surface area contributed by atoms with Crippen LogP contribution in [0, 0.1) is 0 Å². The van der Waals surface area contributed by atoms with Crippen LogP contribution < -0.4 is 21.3 Å². The van der Waals surface area contributed by atoms with Gasteiger partial charge in [0.25, 0.3) is 0 Å². The van der Waals surface area contributed by atoms with Gasteiger partial charge in [-0.3, -0.25) is 0 Å². The predicted molar refractivity (Wildman–Crippen MR) is 95.2 cm³/mol. The summed E-state index contributed by atoms with van der Waals surface area (Å²) in [6, 6.07) is 0. The lowest BCUT2D eigenvalue weighted by Gasteiger charge is -2.09. The minimum atomic E-state index is 1.02. The lowest BCUT2D eigenvalue weighted by atomic mass is 10.2. The molecular formula is C18H30N4. The normalized spacial score (nSPS) is 16.4. The van der Waals surface area contributed by atoms with Gasteiger partial charge in [-0.1, -0.05) is 47.6 Å². The highest BCUT2D eigenvalue weighted by molar-refractivity contribution is 5.24. The zero-order valence-corrected chi connectivity index (χ0v) is 13.5. The summed E-state index contributed by atoms with van der Waals surface area (Å²) >= 11 is 0. The lowest BCUT2D eigenvalue weighted by Crippen LogP contribution is -2.35. The third-order valence-electron chi connectivity index (χ3n) is 3.84. The first kappa shape index (κ1) is 17.2. The summed E-state index contributed by atoms with van der Waals surface area (Å²) < 4.78 is 0. The minimum absolute atomic E-state index is 1.02. The third kappa shape index (κ3) is 7.71. The van der Waals surface area contributed by atoms with Crippen LogP contribution in [0.15, 0.2) is 47.6 Å². The van der Waals surface area contributed by atoms with Gasteiger partial charge in [-0.15, -0.1) is 0 Å². The first-order valence-corrected chi connectivity index (χ1v) is 8.47. The van der Waals surface area contributed by atoms with Crippen LogP contribution in [-0.4, -0.2) is 52.4 Å². The van der Waals surface area contributed by atoms with E-state index in [1.807, 2.05) is 0 Å². The van der Waals surface area contributed by atoms with E-state index in [2.05, 4.69) is 57.7 Å². The van der Waals surface area contributed by atoms with E-state index in [4.69, 9.17) is 0 Å². The molecule has 0 aromatic rings. The van der Waals surface area contributed by atoms with E-state index < -0.39 is 0 Å². The molecule has 4 heteroatoms. The van der Waals surface area contributed by atoms with E-state index in [9.17, 15) is 0 Å². The Labute approximate surface area is 134 Å². The van der Waals surface area contributed by atoms with Crippen molar-refractivity contribution in [2.75, 3.05) is 52.4 Å². The Hall–Kier alpha value is -1.20. The van der Waals surface area contributed by atoms with Gasteiger partial charge in [-0.2, -0.15) is 0 Å². The van der Waals surface area contributed by atoms with Crippen LogP contribution >= 0.6 is 0 Å². The van der Waals surface area contributed by atoms with E-state index in [0.717, 1.165) is 65.2 Å². The molecule has 2 aliphatic carbocycles. The van der Waals surface area contributed by atoms with E-state index >= 15 is 0 Å². The summed E-state index contributed by atoms with van der Waals surface area (Å²) in [7, 11) is 0. The molecule has 0 radical (unpaired) electrons. The van der Waals surface area contributed by atoms with E-state index in [1.165, 1.54) is 11.1 Å². The number of rotatable bonds is 13. The first-order valence-electron chi connectivity index (χ1n) is 8.47. The molecule has 0 atom stereocenters. The molecule has 4 nitrogen and oxygen atoms in total. The molecule has 0 heterocycles. The van der Waals surface area contributed by atoms with Crippen molar-refractivity contribution in [2.45, 2.75) is 12.8 Å². The van der Waals surface area contributed by atoms with Crippen LogP contribution in [0.2, 0.25) is 0 Å². The Bertz CT molecular complexity index is 381. The van der Waals surface area contributed by atoms with Crippen molar-refractivity contribution in [1.29, 1.82) is 0 Å². The van der Waals surface area contributed by atoms with Crippen LogP contribution in [0.25, 0.3) is 0 Å². The summed E-state index contributed by atoms with van der Waals surface area (Å²) in [5.41, 5.74) is 2.97. The molecule has 0 aromatic carbocycles. The minimum Gasteiger partial charge on any atom is -0.314 e. The van der Waals surface area contributed by atoms with Crippen molar-refractivity contribution in [2.24, 2.45) is 0 Å². The SMILES string of the molecule is C1=CCC(CNCCNCCNCCNCC2=CC=CC2)=C1. The quantitative estimate of drug-likeness (QED) is 0.385. The number of hydrogen-bond donors (Lipinski definition) is 4. The summed E-state index contributed by atoms with van der Waals surface area (Å²) in [6.07, 6.45) is 15.3. The molecule has 4 N–H and O–H groups in total. The molecule has 0 saturated carbocycles. The highest BCUT2D eigenvalue weighted by atomic mass is 15.0. The topological polar surface area (TPSA) is 48.1 Å². The first-order chi connectivity index (χ1) is 10.9. The van der Waals surface area contributed by atoms with E-state index in [0.29, 0.717) is 0 Å². The monoisotopic (exact) mass is 302 g/mol. The highest BCUT2D eigenvalue weighted by Crippen LogP contribution is 2.08. The van der Waals surface area contributed by atoms with Crippen LogP contribution in [0.3, 0.4) is 0 Å². The molecule has 2 rings (SSSR count). The van der Waals surface area contributed by atoms with Gasteiger partial charge in [0.1, 0.15) is 0 Å². The second-order valence-electron chi connectivity index (χ2n) is 5.77. The summed E-state index contributed by atoms with van der Waals surface area (Å²) in [6.45, 7) is 8.21. The summed E-state index contributed by atoms with van der Waals surface area (Å²) in [5.74, 6) is 0. The van der Waals surface area contributed by atoms with Crippen LogP contribution in [0.4, 0.5) is 0 Å². The molecule has 0 bridgehead atoms. The second-order valence-corrected chi connectivity index (χ2v) is 5.77. The van der Waals surface area contributed by atoms with Gasteiger partial charge < -0.3 is 21.3 Å². The smallest absolute Gasteiger partial charge is 0.0171 e. The zero-order valence-electron chi connectivity index (χ0n) is 13.5. The number of allylic oxidation sites excluding steroid dienone is 6. The Morgan fingerprint density at radius 3 is 1.36 bits per heavy atom. The standard InChI is InChI=1S/C18H30N4/c1-2-6-17(5-1)15-21-13-11-19-9-10-20-12-14-22-16-18-7-3-4-8-18/h1-5,7,19-22H,6,8-16H2. The van der Waals surface area contributed by atoms with E-state index in [-0.39, 0.29) is 0 Å². The van der Waals surface area contributed by atoms with Gasteiger partial charge in [0.05, 0.1) is 0 Å². The fourth-order valence-electron chi connectivity index (χ4n) is 2.52. The average molecular weight is 302 g/mol. The maximum absolute atomic E-state index is 3.46. The van der Waals surface area contributed by atoms with Crippen molar-refractivity contribution in [3.63, 3.8) is 0 Å². The summed E-state index contributed by atoms with van der Waals surface area (Å²) in [5, 5.41) is 13.8. The predicted octanol–water partition coefficient (Wildman–Crippen LogP) is 1.12. The maximum atomic E-state index is 3.46. The molecule has 0 aromatic heterocycles. The lowest BCUT2D eigenvalue weighted by molar-refractivity contribution is 0.577. The molecule has 0 aliphatic heterocycles. The van der Waals surface area contributed by atoms with Crippen LogP contribution in [0.5, 0.6) is 0 Å². The van der Waals surface area contributed by atoms with Crippen LogP contribution in [-0.2, 0) is 0 Å². The molecule has 122 valence electrons. The molecule has 0 amide bonds. The van der Waals surface area contributed by atoms with Crippen LogP contribution in [0.1, 0.15) is 12.8 Å². The fraction of sp³-hybridized carbons (Fsp3) is 0.556. The van der Waals surface area contributed by atoms with Gasteiger partial charge in [0.2, 0.25) is 0 Å².